The van der Waals surface area contributed by atoms with E-state index < -0.39 is 0 Å². The van der Waals surface area contributed by atoms with E-state index in [-0.39, 0.29) is 0 Å². The fourth-order valence-corrected chi connectivity index (χ4v) is 2.67. The Balaban J connectivity index is 2.19. The standard InChI is InChI=1S/C14H14ClN3/c1-9-6-12(9)18-13-7-10(8-16)2-3-11(13)17-14(18)4-5-15/h2-3,7,9,12H,4-6H2,1H3. The molecule has 1 aromatic carbocycles. The molecule has 1 aliphatic rings. The number of benzene rings is 1. The lowest BCUT2D eigenvalue weighted by molar-refractivity contribution is 0.665. The van der Waals surface area contributed by atoms with Crippen molar-refractivity contribution in [3.63, 3.8) is 0 Å². The van der Waals surface area contributed by atoms with Crippen LogP contribution >= 0.6 is 11.6 Å². The van der Waals surface area contributed by atoms with Crippen LogP contribution in [0.4, 0.5) is 0 Å². The Morgan fingerprint density at radius 3 is 2.94 bits per heavy atom. The number of nitriles is 1. The minimum absolute atomic E-state index is 0.530. The Morgan fingerprint density at radius 1 is 1.56 bits per heavy atom. The zero-order valence-corrected chi connectivity index (χ0v) is 11.0. The first kappa shape index (κ1) is 11.6. The van der Waals surface area contributed by atoms with Crippen LogP contribution in [0.3, 0.4) is 0 Å². The minimum atomic E-state index is 0.530. The second-order valence-corrected chi connectivity index (χ2v) is 5.31. The van der Waals surface area contributed by atoms with Gasteiger partial charge < -0.3 is 4.57 Å². The van der Waals surface area contributed by atoms with E-state index in [2.05, 4.69) is 22.5 Å². The van der Waals surface area contributed by atoms with Crippen molar-refractivity contribution in [3.8, 4) is 6.07 Å². The first-order valence-corrected chi connectivity index (χ1v) is 6.75. The summed E-state index contributed by atoms with van der Waals surface area (Å²) in [6.07, 6.45) is 1.97. The highest BCUT2D eigenvalue weighted by Gasteiger charge is 2.36. The number of aromatic nitrogens is 2. The van der Waals surface area contributed by atoms with Gasteiger partial charge in [-0.3, -0.25) is 0 Å². The maximum Gasteiger partial charge on any atom is 0.111 e. The molecule has 1 aliphatic carbocycles. The van der Waals surface area contributed by atoms with Gasteiger partial charge in [-0.25, -0.2) is 4.98 Å². The van der Waals surface area contributed by atoms with Gasteiger partial charge in [-0.05, 0) is 30.5 Å². The molecule has 1 saturated carbocycles. The van der Waals surface area contributed by atoms with Crippen LogP contribution in [0.15, 0.2) is 18.2 Å². The second-order valence-electron chi connectivity index (χ2n) is 4.93. The molecule has 3 nitrogen and oxygen atoms in total. The zero-order chi connectivity index (χ0) is 12.7. The van der Waals surface area contributed by atoms with E-state index in [9.17, 15) is 0 Å². The lowest BCUT2D eigenvalue weighted by Gasteiger charge is -2.07. The van der Waals surface area contributed by atoms with Crippen LogP contribution in [0.5, 0.6) is 0 Å². The van der Waals surface area contributed by atoms with E-state index in [1.54, 1.807) is 0 Å². The molecule has 0 aliphatic heterocycles. The van der Waals surface area contributed by atoms with E-state index >= 15 is 0 Å². The predicted molar refractivity (Wildman–Crippen MR) is 71.7 cm³/mol. The summed E-state index contributed by atoms with van der Waals surface area (Å²) >= 11 is 5.85. The highest BCUT2D eigenvalue weighted by molar-refractivity contribution is 6.17. The molecule has 2 aromatic rings. The van der Waals surface area contributed by atoms with Gasteiger partial charge >= 0.3 is 0 Å². The molecule has 0 saturated heterocycles. The Kier molecular flexibility index (Phi) is 2.76. The molecule has 1 heterocycles. The summed E-state index contributed by atoms with van der Waals surface area (Å²) in [5.74, 6) is 2.32. The van der Waals surface area contributed by atoms with Gasteiger partial charge in [0.1, 0.15) is 5.82 Å². The van der Waals surface area contributed by atoms with Gasteiger partial charge in [0.25, 0.3) is 0 Å². The first-order valence-electron chi connectivity index (χ1n) is 6.21. The number of rotatable bonds is 3. The number of hydrogen-bond acceptors (Lipinski definition) is 2. The lowest BCUT2D eigenvalue weighted by Crippen LogP contribution is -2.03. The fourth-order valence-electron chi connectivity index (χ4n) is 2.51. The molecular formula is C14H14ClN3. The highest BCUT2D eigenvalue weighted by Crippen LogP contribution is 2.45. The summed E-state index contributed by atoms with van der Waals surface area (Å²) in [5, 5.41) is 9.00. The van der Waals surface area contributed by atoms with Crippen molar-refractivity contribution in [2.24, 2.45) is 5.92 Å². The molecule has 0 radical (unpaired) electrons. The summed E-state index contributed by atoms with van der Waals surface area (Å²) in [7, 11) is 0. The quantitative estimate of drug-likeness (QED) is 0.794. The second kappa shape index (κ2) is 4.29. The molecule has 4 heteroatoms. The maximum atomic E-state index is 9.00. The van der Waals surface area contributed by atoms with Crippen LogP contribution in [-0.4, -0.2) is 15.4 Å². The van der Waals surface area contributed by atoms with E-state index in [1.165, 1.54) is 6.42 Å². The van der Waals surface area contributed by atoms with Gasteiger partial charge in [0.2, 0.25) is 0 Å². The molecule has 0 bridgehead atoms. The summed E-state index contributed by atoms with van der Waals surface area (Å²) < 4.78 is 2.28. The molecular weight excluding hydrogens is 246 g/mol. The number of hydrogen-bond donors (Lipinski definition) is 0. The van der Waals surface area contributed by atoms with Crippen LogP contribution in [-0.2, 0) is 6.42 Å². The Hall–Kier alpha value is -1.53. The van der Waals surface area contributed by atoms with E-state index in [0.717, 1.165) is 23.3 Å². The first-order chi connectivity index (χ1) is 8.74. The van der Waals surface area contributed by atoms with Crippen LogP contribution in [0.25, 0.3) is 11.0 Å². The van der Waals surface area contributed by atoms with Crippen LogP contribution in [0, 0.1) is 17.2 Å². The SMILES string of the molecule is CC1CC1n1c(CCCl)nc2ccc(C#N)cc21. The molecule has 3 rings (SSSR count). The largest absolute Gasteiger partial charge is 0.325 e. The Bertz CT molecular complexity index is 638. The fraction of sp³-hybridized carbons (Fsp3) is 0.429. The minimum Gasteiger partial charge on any atom is -0.325 e. The third kappa shape index (κ3) is 1.77. The topological polar surface area (TPSA) is 41.6 Å². The summed E-state index contributed by atoms with van der Waals surface area (Å²) in [6.45, 7) is 2.25. The molecule has 1 aromatic heterocycles. The number of aryl methyl sites for hydroxylation is 1. The molecule has 18 heavy (non-hydrogen) atoms. The Labute approximate surface area is 111 Å². The molecule has 2 unspecified atom stereocenters. The van der Waals surface area contributed by atoms with Crippen molar-refractivity contribution < 1.29 is 0 Å². The Morgan fingerprint density at radius 2 is 2.33 bits per heavy atom. The smallest absolute Gasteiger partial charge is 0.111 e. The summed E-state index contributed by atoms with van der Waals surface area (Å²) in [6, 6.07) is 8.40. The normalized spacial score (nSPS) is 22.1. The molecule has 2 atom stereocenters. The van der Waals surface area contributed by atoms with Crippen LogP contribution in [0.1, 0.15) is 30.8 Å². The van der Waals surface area contributed by atoms with Gasteiger partial charge in [-0.15, -0.1) is 11.6 Å². The molecule has 0 spiro atoms. The predicted octanol–water partition coefficient (Wildman–Crippen LogP) is 3.27. The van der Waals surface area contributed by atoms with Crippen LogP contribution < -0.4 is 0 Å². The zero-order valence-electron chi connectivity index (χ0n) is 10.2. The number of nitrogens with zero attached hydrogens (tertiary/aromatic N) is 3. The summed E-state index contributed by atoms with van der Waals surface area (Å²) in [4.78, 5) is 4.64. The number of halogens is 1. The van der Waals surface area contributed by atoms with Gasteiger partial charge in [0.05, 0.1) is 22.7 Å². The van der Waals surface area contributed by atoms with Crippen molar-refractivity contribution in [2.45, 2.75) is 25.8 Å². The molecule has 0 amide bonds. The molecule has 0 N–H and O–H groups in total. The van der Waals surface area contributed by atoms with Crippen molar-refractivity contribution in [2.75, 3.05) is 5.88 Å². The summed E-state index contributed by atoms with van der Waals surface area (Å²) in [5.41, 5.74) is 2.73. The molecule has 92 valence electrons. The van der Waals surface area contributed by atoms with Gasteiger partial charge in [0, 0.05) is 18.3 Å². The third-order valence-electron chi connectivity index (χ3n) is 3.61. The number of imidazole rings is 1. The van der Waals surface area contributed by atoms with Crippen LogP contribution in [0.2, 0.25) is 0 Å². The average molecular weight is 260 g/mol. The van der Waals surface area contributed by atoms with E-state index in [1.807, 2.05) is 18.2 Å². The monoisotopic (exact) mass is 259 g/mol. The maximum absolute atomic E-state index is 9.00. The van der Waals surface area contributed by atoms with Crippen molar-refractivity contribution in [1.29, 1.82) is 5.26 Å². The number of alkyl halides is 1. The van der Waals surface area contributed by atoms with Gasteiger partial charge in [-0.2, -0.15) is 5.26 Å². The van der Waals surface area contributed by atoms with Crippen molar-refractivity contribution in [3.05, 3.63) is 29.6 Å². The van der Waals surface area contributed by atoms with E-state index in [4.69, 9.17) is 16.9 Å². The number of fused-ring (bicyclic) bond motifs is 1. The highest BCUT2D eigenvalue weighted by atomic mass is 35.5. The van der Waals surface area contributed by atoms with Gasteiger partial charge in [-0.1, -0.05) is 6.92 Å². The van der Waals surface area contributed by atoms with Crippen molar-refractivity contribution >= 4 is 22.6 Å². The van der Waals surface area contributed by atoms with Crippen molar-refractivity contribution in [1.82, 2.24) is 9.55 Å². The molecule has 1 fully saturated rings. The average Bonchev–Trinajstić information content (AvgIpc) is 2.98. The third-order valence-corrected chi connectivity index (χ3v) is 3.80. The lowest BCUT2D eigenvalue weighted by atomic mass is 10.2. The van der Waals surface area contributed by atoms with E-state index in [0.29, 0.717) is 23.4 Å². The van der Waals surface area contributed by atoms with Gasteiger partial charge in [0.15, 0.2) is 0 Å².